The number of alkyl halides is 5. The van der Waals surface area contributed by atoms with Crippen LogP contribution >= 0.6 is 0 Å². The topological polar surface area (TPSA) is 111 Å². The lowest BCUT2D eigenvalue weighted by atomic mass is 9.81. The molecule has 3 aromatic heterocycles. The number of halogens is 5. The summed E-state index contributed by atoms with van der Waals surface area (Å²) in [6, 6.07) is 2.00. The van der Waals surface area contributed by atoms with E-state index in [1.807, 2.05) is 0 Å². The number of aromatic nitrogens is 4. The van der Waals surface area contributed by atoms with Crippen molar-refractivity contribution in [3.63, 3.8) is 0 Å². The molecule has 2 unspecified atom stereocenters. The van der Waals surface area contributed by atoms with Crippen molar-refractivity contribution in [2.24, 2.45) is 11.8 Å². The minimum absolute atomic E-state index is 0.0749. The number of amides is 2. The number of carbonyl (C=O) groups excluding carboxylic acids is 2. The van der Waals surface area contributed by atoms with E-state index in [2.05, 4.69) is 25.7 Å². The Labute approximate surface area is 238 Å². The fourth-order valence-corrected chi connectivity index (χ4v) is 5.34. The molecule has 2 aliphatic rings. The summed E-state index contributed by atoms with van der Waals surface area (Å²) in [6.45, 7) is 0. The standard InChI is InChI=1S/C28H31F5N6O3/c1-42-20-10-19(12-34-14-20)26(41)38-25(17-4-7-27(29,30)8-5-17)21-15-39-22(36-21)11-18(13-35-39)24(16-2-3-16)37-23(40)6-9-28(31,32)33/h10-17,24-25H,2-9H2,1H3,(H,37,40)(H,38,41). The molecule has 2 fully saturated rings. The van der Waals surface area contributed by atoms with Gasteiger partial charge < -0.3 is 15.4 Å². The number of imidazole rings is 1. The van der Waals surface area contributed by atoms with E-state index in [-0.39, 0.29) is 43.1 Å². The lowest BCUT2D eigenvalue weighted by molar-refractivity contribution is -0.144. The number of carbonyl (C=O) groups is 2. The minimum atomic E-state index is -4.43. The van der Waals surface area contributed by atoms with Gasteiger partial charge in [0.15, 0.2) is 5.65 Å². The number of methoxy groups -OCH3 is 1. The number of ether oxygens (including phenoxy) is 1. The van der Waals surface area contributed by atoms with Crippen LogP contribution in [0.3, 0.4) is 0 Å². The third-order valence-corrected chi connectivity index (χ3v) is 7.81. The molecule has 0 aliphatic heterocycles. The molecule has 3 heterocycles. The molecule has 42 heavy (non-hydrogen) atoms. The molecule has 2 saturated carbocycles. The maximum atomic E-state index is 14.0. The highest BCUT2D eigenvalue weighted by atomic mass is 19.4. The second-order valence-corrected chi connectivity index (χ2v) is 11.0. The SMILES string of the molecule is COc1cncc(C(=O)NC(c2cn3ncc(C(NC(=O)CCC(F)(F)F)C4CC4)cc3n2)C2CCC(F)(F)CC2)c1. The molecule has 2 atom stereocenters. The first kappa shape index (κ1) is 29.6. The Hall–Kier alpha value is -3.84. The van der Waals surface area contributed by atoms with E-state index in [0.29, 0.717) is 22.7 Å². The molecule has 5 rings (SSSR count). The molecule has 0 saturated heterocycles. The van der Waals surface area contributed by atoms with Crippen LogP contribution in [0.4, 0.5) is 22.0 Å². The van der Waals surface area contributed by atoms with Crippen LogP contribution in [0, 0.1) is 11.8 Å². The number of rotatable bonds is 10. The summed E-state index contributed by atoms with van der Waals surface area (Å²) in [5.74, 6) is -3.78. The van der Waals surface area contributed by atoms with Gasteiger partial charge in [0.05, 0.1) is 55.5 Å². The lowest BCUT2D eigenvalue weighted by Gasteiger charge is -2.33. The summed E-state index contributed by atoms with van der Waals surface area (Å²) in [4.78, 5) is 34.2. The second-order valence-electron chi connectivity index (χ2n) is 11.0. The highest BCUT2D eigenvalue weighted by molar-refractivity contribution is 5.94. The maximum absolute atomic E-state index is 14.0. The van der Waals surface area contributed by atoms with Crippen LogP contribution in [-0.4, -0.2) is 50.6 Å². The third-order valence-electron chi connectivity index (χ3n) is 7.81. The van der Waals surface area contributed by atoms with E-state index in [9.17, 15) is 31.5 Å². The van der Waals surface area contributed by atoms with Crippen molar-refractivity contribution in [1.29, 1.82) is 0 Å². The van der Waals surface area contributed by atoms with Crippen LogP contribution in [0.5, 0.6) is 5.75 Å². The Morgan fingerprint density at radius 1 is 1.05 bits per heavy atom. The third kappa shape index (κ3) is 7.32. The predicted octanol–water partition coefficient (Wildman–Crippen LogP) is 5.34. The Balaban J connectivity index is 1.40. The molecule has 9 nitrogen and oxygen atoms in total. The van der Waals surface area contributed by atoms with Gasteiger partial charge in [0, 0.05) is 25.5 Å². The smallest absolute Gasteiger partial charge is 0.389 e. The van der Waals surface area contributed by atoms with Gasteiger partial charge >= 0.3 is 6.18 Å². The fourth-order valence-electron chi connectivity index (χ4n) is 5.34. The van der Waals surface area contributed by atoms with Crippen LogP contribution in [0.1, 0.15) is 85.1 Å². The van der Waals surface area contributed by atoms with E-state index >= 15 is 0 Å². The van der Waals surface area contributed by atoms with Crippen molar-refractivity contribution in [2.75, 3.05) is 7.11 Å². The largest absolute Gasteiger partial charge is 0.495 e. The molecule has 0 bridgehead atoms. The summed E-state index contributed by atoms with van der Waals surface area (Å²) in [5.41, 5.74) is 1.65. The summed E-state index contributed by atoms with van der Waals surface area (Å²) in [5, 5.41) is 10.1. The number of hydrogen-bond acceptors (Lipinski definition) is 6. The molecule has 2 aliphatic carbocycles. The fraction of sp³-hybridized carbons (Fsp3) is 0.536. The molecule has 14 heteroatoms. The van der Waals surface area contributed by atoms with Gasteiger partial charge in [-0.05, 0) is 55.2 Å². The molecular weight excluding hydrogens is 563 g/mol. The zero-order valence-electron chi connectivity index (χ0n) is 22.8. The highest BCUT2D eigenvalue weighted by Crippen LogP contribution is 2.43. The Kier molecular flexibility index (Phi) is 8.33. The monoisotopic (exact) mass is 594 g/mol. The molecule has 226 valence electrons. The zero-order valence-corrected chi connectivity index (χ0v) is 22.8. The van der Waals surface area contributed by atoms with Crippen molar-refractivity contribution in [3.8, 4) is 5.75 Å². The van der Waals surface area contributed by atoms with Crippen LogP contribution in [-0.2, 0) is 4.79 Å². The van der Waals surface area contributed by atoms with Gasteiger partial charge in [-0.3, -0.25) is 14.6 Å². The van der Waals surface area contributed by atoms with Gasteiger partial charge in [0.2, 0.25) is 11.8 Å². The Morgan fingerprint density at radius 3 is 2.43 bits per heavy atom. The van der Waals surface area contributed by atoms with Crippen molar-refractivity contribution in [1.82, 2.24) is 30.2 Å². The minimum Gasteiger partial charge on any atom is -0.495 e. The van der Waals surface area contributed by atoms with Gasteiger partial charge in [-0.15, -0.1) is 0 Å². The van der Waals surface area contributed by atoms with Crippen molar-refractivity contribution >= 4 is 17.5 Å². The Bertz CT molecular complexity index is 1430. The van der Waals surface area contributed by atoms with Gasteiger partial charge in [0.25, 0.3) is 5.91 Å². The van der Waals surface area contributed by atoms with Crippen LogP contribution < -0.4 is 15.4 Å². The first-order valence-electron chi connectivity index (χ1n) is 13.8. The number of hydrogen-bond donors (Lipinski definition) is 2. The summed E-state index contributed by atoms with van der Waals surface area (Å²) in [7, 11) is 1.45. The van der Waals surface area contributed by atoms with Crippen molar-refractivity contribution < 1.29 is 36.3 Å². The van der Waals surface area contributed by atoms with E-state index < -0.39 is 48.8 Å². The zero-order chi connectivity index (χ0) is 30.1. The number of nitrogens with zero attached hydrogens (tertiary/aromatic N) is 4. The van der Waals surface area contributed by atoms with Gasteiger partial charge in [-0.1, -0.05) is 0 Å². The molecule has 2 N–H and O–H groups in total. The predicted molar refractivity (Wildman–Crippen MR) is 140 cm³/mol. The normalized spacial score (nSPS) is 18.8. The maximum Gasteiger partial charge on any atom is 0.389 e. The lowest BCUT2D eigenvalue weighted by Crippen LogP contribution is -2.37. The number of nitrogens with one attached hydrogen (secondary N) is 2. The molecule has 2 amide bonds. The number of fused-ring (bicyclic) bond motifs is 1. The molecule has 0 radical (unpaired) electrons. The molecule has 0 aromatic carbocycles. The first-order chi connectivity index (χ1) is 19.9. The summed E-state index contributed by atoms with van der Waals surface area (Å²) < 4.78 is 72.4. The Morgan fingerprint density at radius 2 is 1.76 bits per heavy atom. The van der Waals surface area contributed by atoms with Crippen LogP contribution in [0.25, 0.3) is 5.65 Å². The van der Waals surface area contributed by atoms with Gasteiger partial charge in [0.1, 0.15) is 5.75 Å². The average Bonchev–Trinajstić information content (AvgIpc) is 3.71. The van der Waals surface area contributed by atoms with Crippen LogP contribution in [0.2, 0.25) is 0 Å². The number of pyridine rings is 1. The molecule has 3 aromatic rings. The summed E-state index contributed by atoms with van der Waals surface area (Å²) >= 11 is 0. The van der Waals surface area contributed by atoms with E-state index in [4.69, 9.17) is 4.74 Å². The van der Waals surface area contributed by atoms with E-state index in [0.717, 1.165) is 12.8 Å². The van der Waals surface area contributed by atoms with Crippen molar-refractivity contribution in [3.05, 3.63) is 53.7 Å². The van der Waals surface area contributed by atoms with E-state index in [1.165, 1.54) is 36.3 Å². The molecular formula is C28H31F5N6O3. The van der Waals surface area contributed by atoms with Gasteiger partial charge in [-0.25, -0.2) is 18.3 Å². The van der Waals surface area contributed by atoms with E-state index in [1.54, 1.807) is 12.3 Å². The summed E-state index contributed by atoms with van der Waals surface area (Å²) in [6.07, 6.45) is 1.05. The highest BCUT2D eigenvalue weighted by Gasteiger charge is 2.40. The van der Waals surface area contributed by atoms with Gasteiger partial charge in [-0.2, -0.15) is 18.3 Å². The average molecular weight is 595 g/mol. The van der Waals surface area contributed by atoms with Crippen LogP contribution in [0.15, 0.2) is 36.9 Å². The second kappa shape index (κ2) is 11.8. The first-order valence-corrected chi connectivity index (χ1v) is 13.8. The van der Waals surface area contributed by atoms with Crippen molar-refractivity contribution in [2.45, 2.75) is 75.5 Å². The molecule has 0 spiro atoms. The quantitative estimate of drug-likeness (QED) is 0.307.